The molecule has 3 nitrogen and oxygen atoms in total. The Labute approximate surface area is 121 Å². The molecule has 2 N–H and O–H groups in total. The fourth-order valence-electron chi connectivity index (χ4n) is 3.84. The zero-order chi connectivity index (χ0) is 14.0. The van der Waals surface area contributed by atoms with Gasteiger partial charge in [0.1, 0.15) is 5.75 Å². The van der Waals surface area contributed by atoms with Gasteiger partial charge in [0.25, 0.3) is 0 Å². The summed E-state index contributed by atoms with van der Waals surface area (Å²) in [6.07, 6.45) is 7.27. The fraction of sp³-hybridized carbons (Fsp3) is 0.647. The number of nitrogens with two attached hydrogens (primary N) is 1. The molecule has 1 heterocycles. The van der Waals surface area contributed by atoms with Gasteiger partial charge < -0.3 is 15.2 Å². The maximum atomic E-state index is 6.52. The number of rotatable bonds is 3. The van der Waals surface area contributed by atoms with E-state index in [9.17, 15) is 0 Å². The Morgan fingerprint density at radius 3 is 2.60 bits per heavy atom. The molecule has 1 aliphatic heterocycles. The molecule has 2 fully saturated rings. The Morgan fingerprint density at radius 1 is 1.25 bits per heavy atom. The highest BCUT2D eigenvalue weighted by Gasteiger charge is 2.41. The second-order valence-electron chi connectivity index (χ2n) is 6.29. The van der Waals surface area contributed by atoms with E-state index in [2.05, 4.69) is 12.1 Å². The van der Waals surface area contributed by atoms with Crippen molar-refractivity contribution >= 4 is 0 Å². The van der Waals surface area contributed by atoms with E-state index in [4.69, 9.17) is 15.2 Å². The van der Waals surface area contributed by atoms with Gasteiger partial charge in [0.15, 0.2) is 0 Å². The van der Waals surface area contributed by atoms with Crippen LogP contribution in [-0.2, 0) is 4.74 Å². The van der Waals surface area contributed by atoms with Gasteiger partial charge in [-0.25, -0.2) is 0 Å². The van der Waals surface area contributed by atoms with Crippen LogP contribution in [0.25, 0.3) is 0 Å². The van der Waals surface area contributed by atoms with Gasteiger partial charge in [-0.2, -0.15) is 0 Å². The van der Waals surface area contributed by atoms with Crippen molar-refractivity contribution in [1.29, 1.82) is 0 Å². The molecule has 1 saturated heterocycles. The summed E-state index contributed by atoms with van der Waals surface area (Å²) in [4.78, 5) is 0. The third-order valence-corrected chi connectivity index (χ3v) is 5.05. The standard InChI is InChI=1S/C17H25NO2/c1-19-15-6-4-13(5-7-15)16(18)14-8-11-20-17(12-14)9-2-3-10-17/h4-7,14,16H,2-3,8-12,18H2,1H3. The Hall–Kier alpha value is -1.06. The lowest BCUT2D eigenvalue weighted by Crippen LogP contribution is -2.40. The number of ether oxygens (including phenoxy) is 2. The van der Waals surface area contributed by atoms with E-state index in [0.29, 0.717) is 5.92 Å². The second-order valence-corrected chi connectivity index (χ2v) is 6.29. The first-order valence-corrected chi connectivity index (χ1v) is 7.76. The lowest BCUT2D eigenvalue weighted by molar-refractivity contribution is -0.0963. The van der Waals surface area contributed by atoms with Crippen LogP contribution in [0.1, 0.15) is 50.1 Å². The summed E-state index contributed by atoms with van der Waals surface area (Å²) in [5, 5.41) is 0. The van der Waals surface area contributed by atoms with Crippen molar-refractivity contribution in [1.82, 2.24) is 0 Å². The molecular formula is C17H25NO2. The predicted molar refractivity (Wildman–Crippen MR) is 79.8 cm³/mol. The van der Waals surface area contributed by atoms with Crippen LogP contribution in [0.15, 0.2) is 24.3 Å². The van der Waals surface area contributed by atoms with E-state index >= 15 is 0 Å². The highest BCUT2D eigenvalue weighted by Crippen LogP contribution is 2.44. The molecule has 3 heteroatoms. The normalized spacial score (nSPS) is 26.6. The maximum absolute atomic E-state index is 6.52. The molecule has 0 aromatic heterocycles. The molecule has 2 aliphatic rings. The lowest BCUT2D eigenvalue weighted by Gasteiger charge is -2.40. The van der Waals surface area contributed by atoms with Crippen molar-refractivity contribution in [2.24, 2.45) is 11.7 Å². The van der Waals surface area contributed by atoms with Crippen molar-refractivity contribution in [2.75, 3.05) is 13.7 Å². The molecule has 1 saturated carbocycles. The number of hydrogen-bond donors (Lipinski definition) is 1. The van der Waals surface area contributed by atoms with Gasteiger partial charge in [-0.3, -0.25) is 0 Å². The minimum atomic E-state index is 0.113. The maximum Gasteiger partial charge on any atom is 0.118 e. The van der Waals surface area contributed by atoms with Gasteiger partial charge in [-0.05, 0) is 49.3 Å². The minimum absolute atomic E-state index is 0.113. The molecule has 2 atom stereocenters. The zero-order valence-corrected chi connectivity index (χ0v) is 12.3. The Kier molecular flexibility index (Phi) is 3.99. The van der Waals surface area contributed by atoms with E-state index in [1.165, 1.54) is 31.2 Å². The molecule has 2 unspecified atom stereocenters. The molecule has 3 rings (SSSR count). The number of benzene rings is 1. The van der Waals surface area contributed by atoms with Gasteiger partial charge in [0, 0.05) is 12.6 Å². The monoisotopic (exact) mass is 275 g/mol. The largest absolute Gasteiger partial charge is 0.497 e. The van der Waals surface area contributed by atoms with Gasteiger partial charge in [0.2, 0.25) is 0 Å². The zero-order valence-electron chi connectivity index (χ0n) is 12.3. The molecule has 0 bridgehead atoms. The molecule has 0 radical (unpaired) electrons. The van der Waals surface area contributed by atoms with Crippen LogP contribution in [0, 0.1) is 5.92 Å². The van der Waals surface area contributed by atoms with Crippen molar-refractivity contribution in [3.8, 4) is 5.75 Å². The van der Waals surface area contributed by atoms with Crippen LogP contribution in [0.5, 0.6) is 5.75 Å². The Balaban J connectivity index is 1.70. The lowest BCUT2D eigenvalue weighted by atomic mass is 9.79. The first-order chi connectivity index (χ1) is 9.72. The Morgan fingerprint density at radius 2 is 1.95 bits per heavy atom. The number of hydrogen-bond acceptors (Lipinski definition) is 3. The number of methoxy groups -OCH3 is 1. The van der Waals surface area contributed by atoms with E-state index in [1.54, 1.807) is 7.11 Å². The van der Waals surface area contributed by atoms with Gasteiger partial charge in [0.05, 0.1) is 12.7 Å². The highest BCUT2D eigenvalue weighted by atomic mass is 16.5. The summed E-state index contributed by atoms with van der Waals surface area (Å²) in [7, 11) is 1.69. The molecule has 110 valence electrons. The summed E-state index contributed by atoms with van der Waals surface area (Å²) in [5.74, 6) is 1.43. The van der Waals surface area contributed by atoms with E-state index in [1.807, 2.05) is 12.1 Å². The Bertz CT molecular complexity index is 437. The summed E-state index contributed by atoms with van der Waals surface area (Å²) in [6, 6.07) is 8.31. The third-order valence-electron chi connectivity index (χ3n) is 5.05. The molecule has 20 heavy (non-hydrogen) atoms. The quantitative estimate of drug-likeness (QED) is 0.919. The molecular weight excluding hydrogens is 250 g/mol. The first kappa shape index (κ1) is 13.9. The van der Waals surface area contributed by atoms with Crippen LogP contribution in [-0.4, -0.2) is 19.3 Å². The second kappa shape index (κ2) is 5.74. The predicted octanol–water partition coefficient (Wildman–Crippen LogP) is 3.43. The summed E-state index contributed by atoms with van der Waals surface area (Å²) in [6.45, 7) is 0.870. The van der Waals surface area contributed by atoms with E-state index < -0.39 is 0 Å². The summed E-state index contributed by atoms with van der Waals surface area (Å²) >= 11 is 0. The summed E-state index contributed by atoms with van der Waals surface area (Å²) < 4.78 is 11.3. The topological polar surface area (TPSA) is 44.5 Å². The van der Waals surface area contributed by atoms with Crippen molar-refractivity contribution < 1.29 is 9.47 Å². The van der Waals surface area contributed by atoms with Crippen molar-refractivity contribution in [3.05, 3.63) is 29.8 Å². The average molecular weight is 275 g/mol. The van der Waals surface area contributed by atoms with Gasteiger partial charge in [-0.15, -0.1) is 0 Å². The summed E-state index contributed by atoms with van der Waals surface area (Å²) in [5.41, 5.74) is 7.88. The van der Waals surface area contributed by atoms with Crippen molar-refractivity contribution in [2.45, 2.75) is 50.2 Å². The molecule has 1 aliphatic carbocycles. The van der Waals surface area contributed by atoms with Crippen LogP contribution in [0.2, 0.25) is 0 Å². The SMILES string of the molecule is COc1ccc(C(N)C2CCOC3(CCCC3)C2)cc1. The molecule has 1 aromatic carbocycles. The molecule has 1 spiro atoms. The molecule has 0 amide bonds. The first-order valence-electron chi connectivity index (χ1n) is 7.76. The van der Waals surface area contributed by atoms with E-state index in [-0.39, 0.29) is 11.6 Å². The van der Waals surface area contributed by atoms with Crippen LogP contribution in [0.4, 0.5) is 0 Å². The molecule has 1 aromatic rings. The third kappa shape index (κ3) is 2.70. The van der Waals surface area contributed by atoms with Gasteiger partial charge in [-0.1, -0.05) is 25.0 Å². The van der Waals surface area contributed by atoms with Crippen molar-refractivity contribution in [3.63, 3.8) is 0 Å². The minimum Gasteiger partial charge on any atom is -0.497 e. The highest BCUT2D eigenvalue weighted by molar-refractivity contribution is 5.29. The van der Waals surface area contributed by atoms with Crippen LogP contribution in [0.3, 0.4) is 0 Å². The fourth-order valence-corrected chi connectivity index (χ4v) is 3.84. The van der Waals surface area contributed by atoms with E-state index in [0.717, 1.165) is 25.2 Å². The smallest absolute Gasteiger partial charge is 0.118 e. The van der Waals surface area contributed by atoms with Crippen LogP contribution < -0.4 is 10.5 Å². The average Bonchev–Trinajstić information content (AvgIpc) is 2.94. The van der Waals surface area contributed by atoms with Crippen LogP contribution >= 0.6 is 0 Å². The van der Waals surface area contributed by atoms with Gasteiger partial charge >= 0.3 is 0 Å².